The van der Waals surface area contributed by atoms with E-state index in [-0.39, 0.29) is 0 Å². The van der Waals surface area contributed by atoms with E-state index in [2.05, 4.69) is 38.2 Å². The van der Waals surface area contributed by atoms with Crippen molar-refractivity contribution in [3.63, 3.8) is 0 Å². The molecule has 0 aromatic rings. The normalized spacial score (nSPS) is 15.6. The molecule has 1 rings (SSSR count). The zero-order chi connectivity index (χ0) is 8.69. The number of rotatable bonds is 0. The summed E-state index contributed by atoms with van der Waals surface area (Å²) in [7, 11) is 0. The fraction of sp³-hybridized carbons (Fsp3) is 0.455. The van der Waals surface area contributed by atoms with Crippen molar-refractivity contribution in [1.82, 2.24) is 0 Å². The van der Waals surface area contributed by atoms with Crippen LogP contribution in [0.4, 0.5) is 0 Å². The van der Waals surface area contributed by atoms with Gasteiger partial charge in [0, 0.05) is 0 Å². The van der Waals surface area contributed by atoms with Gasteiger partial charge in [-0.25, -0.2) is 0 Å². The summed E-state index contributed by atoms with van der Waals surface area (Å²) >= 11 is 0. The van der Waals surface area contributed by atoms with Gasteiger partial charge in [-0.2, -0.15) is 0 Å². The summed E-state index contributed by atoms with van der Waals surface area (Å²) in [5, 5.41) is 0. The van der Waals surface area contributed by atoms with Gasteiger partial charge in [0.2, 0.25) is 0 Å². The fourth-order valence-electron chi connectivity index (χ4n) is 0.822. The molecule has 0 spiro atoms. The molecule has 0 atom stereocenters. The highest BCUT2D eigenvalue weighted by Gasteiger charge is 1.88. The maximum atomic E-state index is 2.25. The smallest absolute Gasteiger partial charge is 0.0133 e. The van der Waals surface area contributed by atoms with Crippen LogP contribution in [0.1, 0.15) is 34.1 Å². The molecule has 62 valence electrons. The number of hydrogen-bond donors (Lipinski definition) is 0. The van der Waals surface area contributed by atoms with Crippen LogP contribution in [0, 0.1) is 0 Å². The van der Waals surface area contributed by atoms with Crippen molar-refractivity contribution in [2.45, 2.75) is 34.1 Å². The summed E-state index contributed by atoms with van der Waals surface area (Å²) in [6.45, 7) is 8.28. The zero-order valence-electron chi connectivity index (χ0n) is 8.02. The maximum Gasteiger partial charge on any atom is -0.0133 e. The van der Waals surface area contributed by atoms with E-state index in [1.54, 1.807) is 0 Å². The molecule has 0 N–H and O–H groups in total. The van der Waals surface area contributed by atoms with Crippen molar-refractivity contribution in [2.75, 3.05) is 0 Å². The van der Waals surface area contributed by atoms with E-state index in [4.69, 9.17) is 0 Å². The minimum absolute atomic E-state index is 1.11. The Morgan fingerprint density at radius 3 is 2.45 bits per heavy atom. The maximum absolute atomic E-state index is 2.25. The van der Waals surface area contributed by atoms with Gasteiger partial charge in [0.05, 0.1) is 0 Å². The molecule has 0 heteroatoms. The monoisotopic (exact) mass is 150 g/mol. The summed E-state index contributed by atoms with van der Waals surface area (Å²) in [5.74, 6) is 0. The minimum atomic E-state index is 1.11. The Balaban J connectivity index is 0.000000461. The van der Waals surface area contributed by atoms with E-state index in [1.165, 1.54) is 11.1 Å². The Hall–Kier alpha value is -0.780. The van der Waals surface area contributed by atoms with Crippen LogP contribution in [0.5, 0.6) is 0 Å². The minimum Gasteiger partial charge on any atom is -0.0775 e. The number of allylic oxidation sites excluding steroid dienone is 6. The van der Waals surface area contributed by atoms with Gasteiger partial charge in [-0.3, -0.25) is 0 Å². The zero-order valence-corrected chi connectivity index (χ0v) is 8.02. The van der Waals surface area contributed by atoms with Crippen molar-refractivity contribution >= 4 is 0 Å². The van der Waals surface area contributed by atoms with Crippen molar-refractivity contribution in [1.29, 1.82) is 0 Å². The van der Waals surface area contributed by atoms with Gasteiger partial charge in [0.25, 0.3) is 0 Å². The van der Waals surface area contributed by atoms with E-state index in [9.17, 15) is 0 Å². The van der Waals surface area contributed by atoms with Gasteiger partial charge in [-0.15, -0.1) is 0 Å². The molecule has 0 fully saturated rings. The summed E-state index contributed by atoms with van der Waals surface area (Å²) in [6.07, 6.45) is 9.76. The van der Waals surface area contributed by atoms with Crippen LogP contribution < -0.4 is 0 Å². The van der Waals surface area contributed by atoms with Crippen LogP contribution in [0.2, 0.25) is 0 Å². The second-order valence-electron chi connectivity index (χ2n) is 2.52. The lowest BCUT2D eigenvalue weighted by molar-refractivity contribution is 1.20. The average Bonchev–Trinajstić information content (AvgIpc) is 2.20. The SMILES string of the molecule is CC.CC1=CCC(C)=CC=C1. The lowest BCUT2D eigenvalue weighted by Gasteiger charge is -1.89. The van der Waals surface area contributed by atoms with E-state index < -0.39 is 0 Å². The highest BCUT2D eigenvalue weighted by atomic mass is 13.9. The lowest BCUT2D eigenvalue weighted by atomic mass is 10.2. The molecule has 0 saturated carbocycles. The molecular weight excluding hydrogens is 132 g/mol. The molecule has 0 aromatic heterocycles. The molecule has 0 bridgehead atoms. The third kappa shape index (κ3) is 4.60. The summed E-state index contributed by atoms with van der Waals surface area (Å²) in [6, 6.07) is 0. The molecule has 1 aliphatic rings. The average molecular weight is 150 g/mol. The Labute approximate surface area is 70.3 Å². The van der Waals surface area contributed by atoms with Crippen molar-refractivity contribution in [3.05, 3.63) is 35.5 Å². The molecule has 0 nitrogen and oxygen atoms in total. The van der Waals surface area contributed by atoms with Crippen molar-refractivity contribution < 1.29 is 0 Å². The lowest BCUT2D eigenvalue weighted by Crippen LogP contribution is -1.69. The quantitative estimate of drug-likeness (QED) is 0.492. The third-order valence-electron chi connectivity index (χ3n) is 1.49. The first-order valence-corrected chi connectivity index (χ1v) is 4.29. The van der Waals surface area contributed by atoms with Gasteiger partial charge in [0.15, 0.2) is 0 Å². The second-order valence-corrected chi connectivity index (χ2v) is 2.52. The van der Waals surface area contributed by atoms with Crippen LogP contribution in [-0.4, -0.2) is 0 Å². The molecule has 0 radical (unpaired) electrons. The Morgan fingerprint density at radius 2 is 1.82 bits per heavy atom. The van der Waals surface area contributed by atoms with E-state index in [0.29, 0.717) is 0 Å². The first-order chi connectivity index (χ1) is 5.29. The molecule has 11 heavy (non-hydrogen) atoms. The highest BCUT2D eigenvalue weighted by molar-refractivity contribution is 5.27. The van der Waals surface area contributed by atoms with E-state index in [1.807, 2.05) is 13.8 Å². The second kappa shape index (κ2) is 5.96. The van der Waals surface area contributed by atoms with Gasteiger partial charge in [-0.05, 0) is 20.3 Å². The largest absolute Gasteiger partial charge is 0.0775 e. The predicted octanol–water partition coefficient (Wildman–Crippen LogP) is 3.87. The van der Waals surface area contributed by atoms with Crippen molar-refractivity contribution in [2.24, 2.45) is 0 Å². The molecular formula is C11H18. The first-order valence-electron chi connectivity index (χ1n) is 4.29. The molecule has 0 saturated heterocycles. The topological polar surface area (TPSA) is 0 Å². The summed E-state index contributed by atoms with van der Waals surface area (Å²) in [5.41, 5.74) is 2.80. The Morgan fingerprint density at radius 1 is 1.18 bits per heavy atom. The first kappa shape index (κ1) is 10.2. The summed E-state index contributed by atoms with van der Waals surface area (Å²) in [4.78, 5) is 0. The highest BCUT2D eigenvalue weighted by Crippen LogP contribution is 2.09. The predicted molar refractivity (Wildman–Crippen MR) is 52.6 cm³/mol. The third-order valence-corrected chi connectivity index (χ3v) is 1.49. The van der Waals surface area contributed by atoms with Crippen molar-refractivity contribution in [3.8, 4) is 0 Å². The van der Waals surface area contributed by atoms with Crippen LogP contribution in [0.25, 0.3) is 0 Å². The fourth-order valence-corrected chi connectivity index (χ4v) is 0.822. The van der Waals surface area contributed by atoms with E-state index in [0.717, 1.165) is 6.42 Å². The molecule has 1 aliphatic carbocycles. The number of hydrogen-bond acceptors (Lipinski definition) is 0. The molecule has 0 heterocycles. The van der Waals surface area contributed by atoms with Crippen LogP contribution in [0.15, 0.2) is 35.5 Å². The van der Waals surface area contributed by atoms with Gasteiger partial charge in [-0.1, -0.05) is 49.3 Å². The summed E-state index contributed by atoms with van der Waals surface area (Å²) < 4.78 is 0. The van der Waals surface area contributed by atoms with Crippen LogP contribution >= 0.6 is 0 Å². The standard InChI is InChI=1S/C9H12.C2H6/c1-8-4-3-5-9(2)7-6-8;1-2/h3-6H,7H2,1-2H3;1-2H3. The molecule has 0 unspecified atom stereocenters. The van der Waals surface area contributed by atoms with Gasteiger partial charge < -0.3 is 0 Å². The van der Waals surface area contributed by atoms with Gasteiger partial charge in [0.1, 0.15) is 0 Å². The molecule has 0 amide bonds. The van der Waals surface area contributed by atoms with Gasteiger partial charge >= 0.3 is 0 Å². The van der Waals surface area contributed by atoms with E-state index >= 15 is 0 Å². The Kier molecular flexibility index (Phi) is 5.54. The molecule has 0 aliphatic heterocycles. The molecule has 0 aromatic carbocycles. The van der Waals surface area contributed by atoms with Crippen LogP contribution in [-0.2, 0) is 0 Å². The van der Waals surface area contributed by atoms with Crippen LogP contribution in [0.3, 0.4) is 0 Å². The Bertz CT molecular complexity index is 177.